The summed E-state index contributed by atoms with van der Waals surface area (Å²) in [6.45, 7) is 2.57. The summed E-state index contributed by atoms with van der Waals surface area (Å²) in [4.78, 5) is 20.1. The van der Waals surface area contributed by atoms with Crippen molar-refractivity contribution in [2.75, 3.05) is 20.6 Å². The number of carbonyl (C=O) groups excluding carboxylic acids is 1. The Kier molecular flexibility index (Phi) is 4.45. The molecule has 0 radical (unpaired) electrons. The highest BCUT2D eigenvalue weighted by atomic mass is 32.1. The molecule has 0 spiro atoms. The van der Waals surface area contributed by atoms with Crippen LogP contribution in [0.15, 0.2) is 42.0 Å². The molecular formula is C17H20N4OS. The van der Waals surface area contributed by atoms with Crippen LogP contribution in [-0.2, 0) is 0 Å². The van der Waals surface area contributed by atoms with Crippen LogP contribution in [0.2, 0.25) is 0 Å². The predicted octanol–water partition coefficient (Wildman–Crippen LogP) is 2.74. The molecule has 0 aliphatic carbocycles. The normalized spacial score (nSPS) is 12.7. The fourth-order valence-electron chi connectivity index (χ4n) is 2.49. The molecule has 0 saturated heterocycles. The molecule has 1 atom stereocenters. The number of hydrogen-bond acceptors (Lipinski definition) is 4. The molecule has 0 saturated carbocycles. The number of aryl methyl sites for hydroxylation is 1. The van der Waals surface area contributed by atoms with Crippen molar-refractivity contribution in [1.82, 2.24) is 19.6 Å². The maximum Gasteiger partial charge on any atom is 0.271 e. The number of imidazole rings is 1. The summed E-state index contributed by atoms with van der Waals surface area (Å²) >= 11 is 1.70. The third-order valence-electron chi connectivity index (χ3n) is 3.80. The van der Waals surface area contributed by atoms with Crippen LogP contribution < -0.4 is 5.32 Å². The average molecular weight is 328 g/mol. The van der Waals surface area contributed by atoms with Gasteiger partial charge in [-0.15, -0.1) is 11.3 Å². The van der Waals surface area contributed by atoms with Crippen molar-refractivity contribution in [2.45, 2.75) is 13.0 Å². The van der Waals surface area contributed by atoms with Crippen LogP contribution in [-0.4, -0.2) is 40.8 Å². The number of nitrogens with zero attached hydrogens (tertiary/aromatic N) is 3. The second-order valence-corrected chi connectivity index (χ2v) is 6.78. The molecule has 0 aliphatic rings. The Morgan fingerprint density at radius 2 is 2.26 bits per heavy atom. The van der Waals surface area contributed by atoms with Gasteiger partial charge in [-0.1, -0.05) is 6.07 Å². The van der Waals surface area contributed by atoms with Gasteiger partial charge in [-0.3, -0.25) is 4.79 Å². The Hall–Kier alpha value is -2.18. The zero-order valence-electron chi connectivity index (χ0n) is 13.5. The average Bonchev–Trinajstić information content (AvgIpc) is 3.15. The largest absolute Gasteiger partial charge is 0.349 e. The Morgan fingerprint density at radius 3 is 2.96 bits per heavy atom. The minimum atomic E-state index is -0.144. The highest BCUT2D eigenvalue weighted by molar-refractivity contribution is 7.10. The van der Waals surface area contributed by atoms with Crippen molar-refractivity contribution in [3.05, 3.63) is 58.2 Å². The lowest BCUT2D eigenvalue weighted by Crippen LogP contribution is -2.34. The molecule has 1 N–H and O–H groups in total. The Morgan fingerprint density at radius 1 is 1.43 bits per heavy atom. The Balaban J connectivity index is 1.72. The summed E-state index contributed by atoms with van der Waals surface area (Å²) in [5, 5.41) is 5.05. The van der Waals surface area contributed by atoms with E-state index in [1.54, 1.807) is 17.5 Å². The quantitative estimate of drug-likeness (QED) is 0.783. The predicted molar refractivity (Wildman–Crippen MR) is 93.0 cm³/mol. The highest BCUT2D eigenvalue weighted by Crippen LogP contribution is 2.22. The first kappa shape index (κ1) is 15.7. The van der Waals surface area contributed by atoms with E-state index in [0.717, 1.165) is 11.2 Å². The number of nitrogens with one attached hydrogen (secondary N) is 1. The van der Waals surface area contributed by atoms with E-state index in [1.807, 2.05) is 49.8 Å². The van der Waals surface area contributed by atoms with E-state index < -0.39 is 0 Å². The molecule has 3 aromatic heterocycles. The summed E-state index contributed by atoms with van der Waals surface area (Å²) < 4.78 is 1.87. The van der Waals surface area contributed by atoms with E-state index in [-0.39, 0.29) is 11.9 Å². The second-order valence-electron chi connectivity index (χ2n) is 5.80. The van der Waals surface area contributed by atoms with Crippen molar-refractivity contribution < 1.29 is 4.79 Å². The lowest BCUT2D eigenvalue weighted by molar-refractivity contribution is 0.0938. The number of thiophene rings is 1. The van der Waals surface area contributed by atoms with Crippen molar-refractivity contribution in [2.24, 2.45) is 0 Å². The number of aromatic nitrogens is 2. The number of amides is 1. The Labute approximate surface area is 139 Å². The molecule has 5 nitrogen and oxygen atoms in total. The van der Waals surface area contributed by atoms with Gasteiger partial charge in [-0.05, 0) is 50.2 Å². The number of pyridine rings is 1. The van der Waals surface area contributed by atoms with Gasteiger partial charge in [0.1, 0.15) is 11.3 Å². The van der Waals surface area contributed by atoms with Crippen LogP contribution in [0.3, 0.4) is 0 Å². The SMILES string of the molecule is Cc1ccn2cc(C(=O)NCC(c3cccs3)N(C)C)nc2c1. The van der Waals surface area contributed by atoms with Crippen molar-refractivity contribution >= 4 is 22.9 Å². The number of carbonyl (C=O) groups is 1. The summed E-state index contributed by atoms with van der Waals surface area (Å²) in [6, 6.07) is 8.25. The molecule has 0 aliphatic heterocycles. The van der Waals surface area contributed by atoms with Gasteiger partial charge >= 0.3 is 0 Å². The lowest BCUT2D eigenvalue weighted by Gasteiger charge is -2.23. The molecule has 0 bridgehead atoms. The van der Waals surface area contributed by atoms with Crippen LogP contribution in [0.1, 0.15) is 27.0 Å². The van der Waals surface area contributed by atoms with E-state index in [4.69, 9.17) is 0 Å². The van der Waals surface area contributed by atoms with Gasteiger partial charge in [0, 0.05) is 23.8 Å². The molecular weight excluding hydrogens is 308 g/mol. The minimum absolute atomic E-state index is 0.144. The van der Waals surface area contributed by atoms with E-state index in [9.17, 15) is 4.79 Å². The zero-order chi connectivity index (χ0) is 16.4. The summed E-state index contributed by atoms with van der Waals surface area (Å²) in [7, 11) is 4.04. The maximum absolute atomic E-state index is 12.4. The fraction of sp³-hybridized carbons (Fsp3) is 0.294. The van der Waals surface area contributed by atoms with E-state index in [1.165, 1.54) is 4.88 Å². The van der Waals surface area contributed by atoms with Gasteiger partial charge < -0.3 is 14.6 Å². The van der Waals surface area contributed by atoms with Crippen molar-refractivity contribution in [3.8, 4) is 0 Å². The summed E-state index contributed by atoms with van der Waals surface area (Å²) in [5.74, 6) is -0.144. The Bertz CT molecular complexity index is 807. The molecule has 6 heteroatoms. The maximum atomic E-state index is 12.4. The first-order valence-corrected chi connectivity index (χ1v) is 8.36. The van der Waals surface area contributed by atoms with Crippen molar-refractivity contribution in [3.63, 3.8) is 0 Å². The molecule has 23 heavy (non-hydrogen) atoms. The van der Waals surface area contributed by atoms with E-state index in [0.29, 0.717) is 12.2 Å². The van der Waals surface area contributed by atoms with Crippen LogP contribution >= 0.6 is 11.3 Å². The first-order valence-electron chi connectivity index (χ1n) is 7.48. The minimum Gasteiger partial charge on any atom is -0.349 e. The lowest BCUT2D eigenvalue weighted by atomic mass is 10.2. The summed E-state index contributed by atoms with van der Waals surface area (Å²) in [6.07, 6.45) is 3.68. The molecule has 1 amide bonds. The monoisotopic (exact) mass is 328 g/mol. The second kappa shape index (κ2) is 6.52. The number of hydrogen-bond donors (Lipinski definition) is 1. The van der Waals surface area contributed by atoms with Gasteiger partial charge in [0.15, 0.2) is 0 Å². The summed E-state index contributed by atoms with van der Waals surface area (Å²) in [5.41, 5.74) is 2.36. The number of rotatable bonds is 5. The standard InChI is InChI=1S/C17H20N4OS/c1-12-6-7-21-11-13(19-16(21)9-12)17(22)18-10-14(20(2)3)15-5-4-8-23-15/h4-9,11,14H,10H2,1-3H3,(H,18,22). The molecule has 0 aromatic carbocycles. The van der Waals surface area contributed by atoms with Crippen LogP contribution in [0.25, 0.3) is 5.65 Å². The fourth-order valence-corrected chi connectivity index (χ4v) is 3.41. The number of likely N-dealkylation sites (N-methyl/N-ethyl adjacent to an activating group) is 1. The molecule has 3 rings (SSSR count). The molecule has 3 aromatic rings. The molecule has 120 valence electrons. The van der Waals surface area contributed by atoms with Crippen molar-refractivity contribution in [1.29, 1.82) is 0 Å². The van der Waals surface area contributed by atoms with E-state index in [2.05, 4.69) is 26.6 Å². The third-order valence-corrected chi connectivity index (χ3v) is 4.77. The van der Waals surface area contributed by atoms with Gasteiger partial charge in [0.05, 0.1) is 6.04 Å². The molecule has 1 unspecified atom stereocenters. The topological polar surface area (TPSA) is 49.6 Å². The third kappa shape index (κ3) is 3.43. The number of fused-ring (bicyclic) bond motifs is 1. The van der Waals surface area contributed by atoms with Gasteiger partial charge in [-0.2, -0.15) is 0 Å². The van der Waals surface area contributed by atoms with Crippen LogP contribution in [0.5, 0.6) is 0 Å². The molecule has 3 heterocycles. The van der Waals surface area contributed by atoms with Gasteiger partial charge in [0.25, 0.3) is 5.91 Å². The van der Waals surface area contributed by atoms with E-state index >= 15 is 0 Å². The zero-order valence-corrected chi connectivity index (χ0v) is 14.3. The highest BCUT2D eigenvalue weighted by Gasteiger charge is 2.18. The van der Waals surface area contributed by atoms with Crippen LogP contribution in [0, 0.1) is 6.92 Å². The van der Waals surface area contributed by atoms with Gasteiger partial charge in [-0.25, -0.2) is 4.98 Å². The van der Waals surface area contributed by atoms with Gasteiger partial charge in [0.2, 0.25) is 0 Å². The first-order chi connectivity index (χ1) is 11.0. The smallest absolute Gasteiger partial charge is 0.271 e. The molecule has 0 fully saturated rings. The van der Waals surface area contributed by atoms with Crippen LogP contribution in [0.4, 0.5) is 0 Å².